The van der Waals surface area contributed by atoms with E-state index < -0.39 is 0 Å². The van der Waals surface area contributed by atoms with Gasteiger partial charge in [-0.15, -0.1) is 12.4 Å². The standard InChI is InChI=1S/C10H9NO2.C10H9NO.ClH/c1-13-10-4-2-3-8-5-6-11(12)7-9(8)10;1-12-10-4-2-3-8-5-6-11-7-9(8)10;/h2-7H,1H3;2-7H,1H3;1H. The van der Waals surface area contributed by atoms with Gasteiger partial charge in [-0.1, -0.05) is 24.3 Å². The van der Waals surface area contributed by atoms with Crippen LogP contribution in [0.25, 0.3) is 21.5 Å². The number of benzene rings is 2. The molecule has 0 aliphatic heterocycles. The molecule has 134 valence electrons. The zero-order chi connectivity index (χ0) is 17.6. The maximum absolute atomic E-state index is 11.0. The molecule has 0 N–H and O–H groups in total. The smallest absolute Gasteiger partial charge is 0.191 e. The summed E-state index contributed by atoms with van der Waals surface area (Å²) in [4.78, 5) is 4.04. The molecule has 0 aliphatic carbocycles. The van der Waals surface area contributed by atoms with Gasteiger partial charge in [0.2, 0.25) is 0 Å². The number of nitrogens with zero attached hydrogens (tertiary/aromatic N) is 2. The Labute approximate surface area is 157 Å². The minimum Gasteiger partial charge on any atom is -0.619 e. The van der Waals surface area contributed by atoms with Crippen LogP contribution in [0.2, 0.25) is 0 Å². The van der Waals surface area contributed by atoms with Crippen LogP contribution in [0.3, 0.4) is 0 Å². The predicted octanol–water partition coefficient (Wildman–Crippen LogP) is 4.15. The van der Waals surface area contributed by atoms with Gasteiger partial charge in [-0.05, 0) is 29.0 Å². The number of rotatable bonds is 2. The van der Waals surface area contributed by atoms with Crippen molar-refractivity contribution in [3.05, 3.63) is 78.5 Å². The molecular weight excluding hydrogens is 352 g/mol. The predicted molar refractivity (Wildman–Crippen MR) is 105 cm³/mol. The van der Waals surface area contributed by atoms with Gasteiger partial charge in [0.15, 0.2) is 12.4 Å². The van der Waals surface area contributed by atoms with Gasteiger partial charge in [-0.25, -0.2) is 0 Å². The second-order valence-electron chi connectivity index (χ2n) is 5.32. The summed E-state index contributed by atoms with van der Waals surface area (Å²) in [5, 5.41) is 15.1. The number of fused-ring (bicyclic) bond motifs is 2. The van der Waals surface area contributed by atoms with Crippen molar-refractivity contribution in [3.8, 4) is 11.5 Å². The van der Waals surface area contributed by atoms with E-state index in [-0.39, 0.29) is 12.4 Å². The van der Waals surface area contributed by atoms with Crippen LogP contribution in [0, 0.1) is 5.21 Å². The van der Waals surface area contributed by atoms with Crippen molar-refractivity contribution in [2.75, 3.05) is 14.2 Å². The third-order valence-electron chi connectivity index (χ3n) is 3.84. The van der Waals surface area contributed by atoms with Crippen molar-refractivity contribution in [3.63, 3.8) is 0 Å². The van der Waals surface area contributed by atoms with E-state index in [0.717, 1.165) is 37.8 Å². The number of ether oxygens (including phenoxy) is 2. The molecular formula is C20H19ClN2O3. The molecule has 0 fully saturated rings. The Morgan fingerprint density at radius 2 is 1.46 bits per heavy atom. The molecule has 0 amide bonds. The van der Waals surface area contributed by atoms with Crippen molar-refractivity contribution in [1.82, 2.24) is 4.98 Å². The minimum atomic E-state index is 0. The van der Waals surface area contributed by atoms with Gasteiger partial charge in [0, 0.05) is 23.8 Å². The summed E-state index contributed by atoms with van der Waals surface area (Å²) >= 11 is 0. The fourth-order valence-electron chi connectivity index (χ4n) is 2.61. The monoisotopic (exact) mass is 370 g/mol. The van der Waals surface area contributed by atoms with Gasteiger partial charge in [0.05, 0.1) is 19.6 Å². The summed E-state index contributed by atoms with van der Waals surface area (Å²) in [5.74, 6) is 1.60. The zero-order valence-corrected chi connectivity index (χ0v) is 15.3. The first kappa shape index (κ1) is 19.3. The minimum absolute atomic E-state index is 0. The maximum atomic E-state index is 11.0. The molecule has 2 aromatic heterocycles. The van der Waals surface area contributed by atoms with Crippen molar-refractivity contribution < 1.29 is 14.2 Å². The summed E-state index contributed by atoms with van der Waals surface area (Å²) in [7, 11) is 3.26. The first-order valence-electron chi connectivity index (χ1n) is 7.75. The molecule has 5 nitrogen and oxygen atoms in total. The molecule has 0 saturated heterocycles. The second kappa shape index (κ2) is 8.87. The van der Waals surface area contributed by atoms with Crippen LogP contribution in [-0.4, -0.2) is 19.2 Å². The second-order valence-corrected chi connectivity index (χ2v) is 5.32. The van der Waals surface area contributed by atoms with Crippen LogP contribution in [0.15, 0.2) is 73.3 Å². The normalized spacial score (nSPS) is 9.77. The highest BCUT2D eigenvalue weighted by Crippen LogP contribution is 2.24. The SMILES string of the molecule is COc1cccc2cc[n+]([O-])cc12.COc1cccc2ccncc12.Cl. The summed E-state index contributed by atoms with van der Waals surface area (Å²) in [6.07, 6.45) is 6.58. The zero-order valence-electron chi connectivity index (χ0n) is 14.5. The third kappa shape index (κ3) is 4.13. The maximum Gasteiger partial charge on any atom is 0.191 e. The lowest BCUT2D eigenvalue weighted by molar-refractivity contribution is -0.603. The Kier molecular flexibility index (Phi) is 6.58. The van der Waals surface area contributed by atoms with E-state index in [4.69, 9.17) is 9.47 Å². The summed E-state index contributed by atoms with van der Waals surface area (Å²) in [6, 6.07) is 15.4. The molecule has 2 heterocycles. The first-order valence-corrected chi connectivity index (χ1v) is 7.75. The van der Waals surface area contributed by atoms with E-state index >= 15 is 0 Å². The van der Waals surface area contributed by atoms with Gasteiger partial charge in [0.25, 0.3) is 0 Å². The molecule has 4 aromatic rings. The Bertz CT molecular complexity index is 1000. The van der Waals surface area contributed by atoms with E-state index in [0.29, 0.717) is 0 Å². The molecule has 0 bridgehead atoms. The molecule has 0 atom stereocenters. The average molecular weight is 371 g/mol. The molecule has 0 saturated carbocycles. The highest BCUT2D eigenvalue weighted by molar-refractivity contribution is 5.87. The van der Waals surface area contributed by atoms with Gasteiger partial charge in [-0.3, -0.25) is 4.98 Å². The quantitative estimate of drug-likeness (QED) is 0.393. The molecule has 26 heavy (non-hydrogen) atoms. The molecule has 4 rings (SSSR count). The van der Waals surface area contributed by atoms with E-state index in [1.165, 1.54) is 12.4 Å². The highest BCUT2D eigenvalue weighted by Gasteiger charge is 2.03. The number of pyridine rings is 2. The Balaban J connectivity index is 0.000000180. The number of methoxy groups -OCH3 is 2. The van der Waals surface area contributed by atoms with Crippen LogP contribution >= 0.6 is 12.4 Å². The van der Waals surface area contributed by atoms with Crippen LogP contribution in [0.5, 0.6) is 11.5 Å². The number of aromatic nitrogens is 2. The van der Waals surface area contributed by atoms with E-state index in [1.807, 2.05) is 48.7 Å². The van der Waals surface area contributed by atoms with Crippen LogP contribution in [0.4, 0.5) is 0 Å². The molecule has 2 aromatic carbocycles. The lowest BCUT2D eigenvalue weighted by Crippen LogP contribution is -2.23. The van der Waals surface area contributed by atoms with Gasteiger partial charge < -0.3 is 14.7 Å². The summed E-state index contributed by atoms with van der Waals surface area (Å²) < 4.78 is 11.1. The Hall–Kier alpha value is -3.05. The van der Waals surface area contributed by atoms with Crippen molar-refractivity contribution in [2.24, 2.45) is 0 Å². The largest absolute Gasteiger partial charge is 0.619 e. The molecule has 6 heteroatoms. The molecule has 0 radical (unpaired) electrons. The van der Waals surface area contributed by atoms with Crippen LogP contribution in [0.1, 0.15) is 0 Å². The molecule has 0 spiro atoms. The molecule has 0 aliphatic rings. The lowest BCUT2D eigenvalue weighted by atomic mass is 10.1. The number of hydrogen-bond donors (Lipinski definition) is 0. The topological polar surface area (TPSA) is 58.3 Å². The van der Waals surface area contributed by atoms with Gasteiger partial charge >= 0.3 is 0 Å². The summed E-state index contributed by atoms with van der Waals surface area (Å²) in [5.41, 5.74) is 0. The van der Waals surface area contributed by atoms with Crippen molar-refractivity contribution in [1.29, 1.82) is 0 Å². The Morgan fingerprint density at radius 1 is 0.846 bits per heavy atom. The average Bonchev–Trinajstić information content (AvgIpc) is 2.67. The number of hydrogen-bond acceptors (Lipinski definition) is 4. The molecule has 0 unspecified atom stereocenters. The highest BCUT2D eigenvalue weighted by atomic mass is 35.5. The fraction of sp³-hybridized carbons (Fsp3) is 0.100. The first-order chi connectivity index (χ1) is 12.2. The van der Waals surface area contributed by atoms with E-state index in [9.17, 15) is 5.21 Å². The van der Waals surface area contributed by atoms with Gasteiger partial charge in [-0.2, -0.15) is 4.73 Å². The Morgan fingerprint density at radius 3 is 2.12 bits per heavy atom. The third-order valence-corrected chi connectivity index (χ3v) is 3.84. The fourth-order valence-corrected chi connectivity index (χ4v) is 2.61. The number of halogens is 1. The van der Waals surface area contributed by atoms with Crippen molar-refractivity contribution in [2.45, 2.75) is 0 Å². The van der Waals surface area contributed by atoms with Crippen LogP contribution in [-0.2, 0) is 0 Å². The van der Waals surface area contributed by atoms with Crippen molar-refractivity contribution >= 4 is 34.0 Å². The van der Waals surface area contributed by atoms with E-state index in [2.05, 4.69) is 4.98 Å². The summed E-state index contributed by atoms with van der Waals surface area (Å²) in [6.45, 7) is 0. The van der Waals surface area contributed by atoms with Crippen LogP contribution < -0.4 is 14.2 Å². The lowest BCUT2D eigenvalue weighted by Gasteiger charge is -2.03. The van der Waals surface area contributed by atoms with E-state index in [1.54, 1.807) is 26.5 Å². The van der Waals surface area contributed by atoms with Gasteiger partial charge in [0.1, 0.15) is 11.5 Å².